The minimum atomic E-state index is -3.31. The molecule has 1 aliphatic rings. The molecular formula is C6H10INO3S. The van der Waals surface area contributed by atoms with Gasteiger partial charge in [-0.1, -0.05) is 22.6 Å². The van der Waals surface area contributed by atoms with Crippen LogP contribution in [0, 0.1) is 5.92 Å². The van der Waals surface area contributed by atoms with Crippen molar-refractivity contribution < 1.29 is 13.2 Å². The zero-order chi connectivity index (χ0) is 9.35. The fourth-order valence-electron chi connectivity index (χ4n) is 1.17. The predicted octanol–water partition coefficient (Wildman–Crippen LogP) is 0.230. The van der Waals surface area contributed by atoms with E-state index < -0.39 is 10.0 Å². The van der Waals surface area contributed by atoms with Crippen LogP contribution in [0.15, 0.2) is 0 Å². The maximum atomic E-state index is 11.1. The van der Waals surface area contributed by atoms with Crippen molar-refractivity contribution >= 4 is 38.5 Å². The molecule has 0 bridgehead atoms. The molecule has 4 nitrogen and oxygen atoms in total. The Hall–Kier alpha value is 0.150. The second kappa shape index (κ2) is 3.49. The van der Waals surface area contributed by atoms with E-state index in [0.717, 1.165) is 15.0 Å². The molecule has 1 heterocycles. The second-order valence-electron chi connectivity index (χ2n) is 2.91. The summed E-state index contributed by atoms with van der Waals surface area (Å²) in [7, 11) is -3.31. The van der Waals surface area contributed by atoms with E-state index in [1.54, 1.807) is 0 Å². The van der Waals surface area contributed by atoms with Crippen molar-refractivity contribution in [2.75, 3.05) is 17.2 Å². The molecule has 0 aromatic carbocycles. The molecule has 0 radical (unpaired) electrons. The Morgan fingerprint density at radius 3 is 2.50 bits per heavy atom. The van der Waals surface area contributed by atoms with Crippen LogP contribution in [0.1, 0.15) is 6.42 Å². The fourth-order valence-corrected chi connectivity index (χ4v) is 2.69. The average molecular weight is 303 g/mol. The van der Waals surface area contributed by atoms with Crippen molar-refractivity contribution in [3.8, 4) is 0 Å². The first-order valence-corrected chi connectivity index (χ1v) is 6.89. The topological polar surface area (TPSA) is 54.5 Å². The van der Waals surface area contributed by atoms with Gasteiger partial charge in [0.2, 0.25) is 15.9 Å². The highest BCUT2D eigenvalue weighted by Crippen LogP contribution is 2.21. The molecule has 0 aromatic heterocycles. The fraction of sp³-hybridized carbons (Fsp3) is 0.833. The van der Waals surface area contributed by atoms with Crippen LogP contribution in [0.2, 0.25) is 0 Å². The molecule has 70 valence electrons. The highest BCUT2D eigenvalue weighted by molar-refractivity contribution is 14.1. The lowest BCUT2D eigenvalue weighted by atomic mass is 10.2. The van der Waals surface area contributed by atoms with Crippen LogP contribution < -0.4 is 0 Å². The van der Waals surface area contributed by atoms with E-state index in [9.17, 15) is 13.2 Å². The highest BCUT2D eigenvalue weighted by atomic mass is 127. The lowest BCUT2D eigenvalue weighted by Crippen LogP contribution is -2.31. The third kappa shape index (κ3) is 2.09. The molecular weight excluding hydrogens is 293 g/mol. The van der Waals surface area contributed by atoms with Crippen molar-refractivity contribution in [2.45, 2.75) is 6.42 Å². The molecule has 1 saturated heterocycles. The van der Waals surface area contributed by atoms with Gasteiger partial charge in [-0.05, 0) is 5.92 Å². The third-order valence-electron chi connectivity index (χ3n) is 1.78. The Morgan fingerprint density at radius 2 is 2.25 bits per heavy atom. The summed E-state index contributed by atoms with van der Waals surface area (Å²) in [6, 6.07) is 0. The van der Waals surface area contributed by atoms with Crippen LogP contribution in [0.25, 0.3) is 0 Å². The lowest BCUT2D eigenvalue weighted by Gasteiger charge is -2.12. The first-order valence-electron chi connectivity index (χ1n) is 3.51. The quantitative estimate of drug-likeness (QED) is 0.542. The maximum Gasteiger partial charge on any atom is 0.236 e. The molecule has 0 aromatic rings. The predicted molar refractivity (Wildman–Crippen MR) is 53.6 cm³/mol. The smallest absolute Gasteiger partial charge is 0.236 e. The minimum Gasteiger partial charge on any atom is -0.274 e. The Bertz CT molecular complexity index is 287. The number of hydrogen-bond donors (Lipinski definition) is 0. The van der Waals surface area contributed by atoms with Gasteiger partial charge in [0.1, 0.15) is 0 Å². The normalized spacial score (nSPS) is 25.0. The summed E-state index contributed by atoms with van der Waals surface area (Å²) in [6.45, 7) is 0.362. The first-order chi connectivity index (χ1) is 5.45. The Kier molecular flexibility index (Phi) is 2.97. The Morgan fingerprint density at radius 1 is 1.67 bits per heavy atom. The summed E-state index contributed by atoms with van der Waals surface area (Å²) in [5, 5.41) is 0. The molecule has 6 heteroatoms. The molecule has 1 fully saturated rings. The summed E-state index contributed by atoms with van der Waals surface area (Å²) in [5.74, 6) is -0.0630. The summed E-state index contributed by atoms with van der Waals surface area (Å²) < 4.78 is 23.8. The number of rotatable bonds is 2. The standard InChI is InChI=1S/C6H10INO3S/c1-12(10,11)8-4-5(3-7)2-6(8)9/h5H,2-4H2,1H3. The van der Waals surface area contributed by atoms with Gasteiger partial charge in [-0.3, -0.25) is 4.79 Å². The third-order valence-corrected chi connectivity index (χ3v) is 4.18. The minimum absolute atomic E-state index is 0.202. The van der Waals surface area contributed by atoms with Gasteiger partial charge in [0.25, 0.3) is 0 Å². The van der Waals surface area contributed by atoms with E-state index in [2.05, 4.69) is 22.6 Å². The van der Waals surface area contributed by atoms with E-state index in [-0.39, 0.29) is 11.8 Å². The molecule has 0 saturated carbocycles. The highest BCUT2D eigenvalue weighted by Gasteiger charge is 2.34. The van der Waals surface area contributed by atoms with Crippen LogP contribution in [-0.2, 0) is 14.8 Å². The number of carbonyl (C=O) groups is 1. The van der Waals surface area contributed by atoms with Gasteiger partial charge in [-0.2, -0.15) is 0 Å². The average Bonchev–Trinajstić information content (AvgIpc) is 2.29. The zero-order valence-electron chi connectivity index (χ0n) is 6.66. The van der Waals surface area contributed by atoms with E-state index in [0.29, 0.717) is 13.0 Å². The number of sulfonamides is 1. The Labute approximate surface area is 85.5 Å². The van der Waals surface area contributed by atoms with Crippen molar-refractivity contribution in [3.05, 3.63) is 0 Å². The first kappa shape index (κ1) is 10.2. The van der Waals surface area contributed by atoms with Crippen molar-refractivity contribution in [3.63, 3.8) is 0 Å². The van der Waals surface area contributed by atoms with Crippen LogP contribution in [0.3, 0.4) is 0 Å². The molecule has 1 amide bonds. The molecule has 1 atom stereocenters. The number of nitrogens with zero attached hydrogens (tertiary/aromatic N) is 1. The monoisotopic (exact) mass is 303 g/mol. The molecule has 1 unspecified atom stereocenters. The summed E-state index contributed by atoms with van der Waals surface area (Å²) >= 11 is 2.16. The van der Waals surface area contributed by atoms with Gasteiger partial charge in [-0.25, -0.2) is 12.7 Å². The van der Waals surface area contributed by atoms with Crippen molar-refractivity contribution in [1.82, 2.24) is 4.31 Å². The molecule has 1 rings (SSSR count). The molecule has 0 spiro atoms. The SMILES string of the molecule is CS(=O)(=O)N1CC(CI)CC1=O. The maximum absolute atomic E-state index is 11.1. The van der Waals surface area contributed by atoms with Crippen LogP contribution >= 0.6 is 22.6 Å². The van der Waals surface area contributed by atoms with Crippen molar-refractivity contribution in [2.24, 2.45) is 5.92 Å². The summed E-state index contributed by atoms with van der Waals surface area (Å²) in [4.78, 5) is 11.1. The molecule has 0 N–H and O–H groups in total. The van der Waals surface area contributed by atoms with Crippen molar-refractivity contribution in [1.29, 1.82) is 0 Å². The van der Waals surface area contributed by atoms with Gasteiger partial charge in [-0.15, -0.1) is 0 Å². The number of hydrogen-bond acceptors (Lipinski definition) is 3. The molecule has 1 aliphatic heterocycles. The molecule has 12 heavy (non-hydrogen) atoms. The van der Waals surface area contributed by atoms with Gasteiger partial charge in [0, 0.05) is 17.4 Å². The van der Waals surface area contributed by atoms with E-state index in [4.69, 9.17) is 0 Å². The zero-order valence-corrected chi connectivity index (χ0v) is 9.63. The number of halogens is 1. The van der Waals surface area contributed by atoms with Crippen LogP contribution in [0.5, 0.6) is 0 Å². The van der Waals surface area contributed by atoms with E-state index >= 15 is 0 Å². The number of alkyl halides is 1. The van der Waals surface area contributed by atoms with E-state index in [1.165, 1.54) is 0 Å². The van der Waals surface area contributed by atoms with Gasteiger partial charge in [0.05, 0.1) is 6.26 Å². The molecule has 0 aliphatic carbocycles. The summed E-state index contributed by atoms with van der Waals surface area (Å²) in [6.07, 6.45) is 1.44. The largest absolute Gasteiger partial charge is 0.274 e. The van der Waals surface area contributed by atoms with Gasteiger partial charge >= 0.3 is 0 Å². The van der Waals surface area contributed by atoms with Crippen LogP contribution in [0.4, 0.5) is 0 Å². The summed E-state index contributed by atoms with van der Waals surface area (Å²) in [5.41, 5.74) is 0. The van der Waals surface area contributed by atoms with E-state index in [1.807, 2.05) is 0 Å². The van der Waals surface area contributed by atoms with Gasteiger partial charge < -0.3 is 0 Å². The number of amides is 1. The van der Waals surface area contributed by atoms with Gasteiger partial charge in [0.15, 0.2) is 0 Å². The lowest BCUT2D eigenvalue weighted by molar-refractivity contribution is -0.123. The Balaban J connectivity index is 2.78. The second-order valence-corrected chi connectivity index (χ2v) is 5.70. The number of carbonyl (C=O) groups excluding carboxylic acids is 1. The van der Waals surface area contributed by atoms with Crippen LogP contribution in [-0.4, -0.2) is 35.9 Å².